The van der Waals surface area contributed by atoms with Crippen molar-refractivity contribution in [2.75, 3.05) is 37.6 Å². The van der Waals surface area contributed by atoms with Gasteiger partial charge in [-0.2, -0.15) is 13.2 Å². The Labute approximate surface area is 233 Å². The highest BCUT2D eigenvalue weighted by Gasteiger charge is 2.34. The summed E-state index contributed by atoms with van der Waals surface area (Å²) in [5.74, 6) is -0.333. The molecule has 214 valence electrons. The fourth-order valence-corrected chi connectivity index (χ4v) is 5.10. The van der Waals surface area contributed by atoms with Crippen molar-refractivity contribution in [3.05, 3.63) is 64.2 Å². The summed E-state index contributed by atoms with van der Waals surface area (Å²) in [6.45, 7) is 7.85. The van der Waals surface area contributed by atoms with Gasteiger partial charge in [0.15, 0.2) is 0 Å². The number of carbonyl (C=O) groups excluding carboxylic acids is 2. The average molecular weight is 567 g/mol. The van der Waals surface area contributed by atoms with Gasteiger partial charge in [0.25, 0.3) is 0 Å². The van der Waals surface area contributed by atoms with Gasteiger partial charge in [-0.25, -0.2) is 0 Å². The first kappa shape index (κ1) is 30.8. The number of nitrogens with zero attached hydrogens (tertiary/aromatic N) is 2. The van der Waals surface area contributed by atoms with Crippen molar-refractivity contribution < 1.29 is 22.8 Å². The molecule has 0 aromatic heterocycles. The van der Waals surface area contributed by atoms with E-state index in [1.165, 1.54) is 6.07 Å². The zero-order valence-electron chi connectivity index (χ0n) is 22.7. The fraction of sp³-hybridized carbons (Fsp3) is 0.517. The zero-order chi connectivity index (χ0) is 28.7. The van der Waals surface area contributed by atoms with Crippen molar-refractivity contribution >= 4 is 29.1 Å². The van der Waals surface area contributed by atoms with E-state index in [9.17, 15) is 22.8 Å². The molecule has 1 heterocycles. The molecule has 1 aliphatic rings. The molecule has 2 aromatic carbocycles. The molecule has 0 bridgehead atoms. The van der Waals surface area contributed by atoms with E-state index in [2.05, 4.69) is 5.32 Å². The lowest BCUT2D eigenvalue weighted by molar-refractivity contribution is -0.137. The number of nitrogens with one attached hydrogen (secondary N) is 1. The highest BCUT2D eigenvalue weighted by atomic mass is 35.5. The molecule has 1 unspecified atom stereocenters. The van der Waals surface area contributed by atoms with Crippen molar-refractivity contribution in [2.24, 2.45) is 17.6 Å². The summed E-state index contributed by atoms with van der Waals surface area (Å²) in [4.78, 5) is 29.4. The molecular weight excluding hydrogens is 529 g/mol. The third-order valence-electron chi connectivity index (χ3n) is 6.95. The molecule has 39 heavy (non-hydrogen) atoms. The summed E-state index contributed by atoms with van der Waals surface area (Å²) in [6, 6.07) is 10.6. The van der Waals surface area contributed by atoms with E-state index >= 15 is 0 Å². The van der Waals surface area contributed by atoms with Crippen molar-refractivity contribution in [1.29, 1.82) is 0 Å². The molecule has 10 heteroatoms. The van der Waals surface area contributed by atoms with E-state index in [0.29, 0.717) is 55.3 Å². The Bertz CT molecular complexity index is 1120. The SMILES string of the molecule is CC(C)C[C@H](NC(=O)CCN)c1cc(C(F)(F)F)ccc1N1CCN(C(=O)C(C)Cc2ccc(Cl)cc2)CC1. The van der Waals surface area contributed by atoms with Crippen LogP contribution in [0.3, 0.4) is 0 Å². The van der Waals surface area contributed by atoms with E-state index in [4.69, 9.17) is 17.3 Å². The number of piperazine rings is 1. The van der Waals surface area contributed by atoms with E-state index in [1.54, 1.807) is 12.1 Å². The minimum absolute atomic E-state index is 0.0453. The highest BCUT2D eigenvalue weighted by molar-refractivity contribution is 6.30. The maximum absolute atomic E-state index is 13.7. The molecule has 1 fully saturated rings. The van der Waals surface area contributed by atoms with Crippen molar-refractivity contribution in [3.8, 4) is 0 Å². The Morgan fingerprint density at radius 1 is 1.03 bits per heavy atom. The van der Waals surface area contributed by atoms with Crippen LogP contribution in [0.25, 0.3) is 0 Å². The topological polar surface area (TPSA) is 78.7 Å². The Hall–Kier alpha value is -2.78. The number of carbonyl (C=O) groups is 2. The molecule has 2 atom stereocenters. The maximum Gasteiger partial charge on any atom is 0.416 e. The molecular formula is C29H38ClF3N4O2. The lowest BCUT2D eigenvalue weighted by Crippen LogP contribution is -2.50. The number of halogens is 4. The number of nitrogens with two attached hydrogens (primary N) is 1. The number of rotatable bonds is 10. The second-order valence-electron chi connectivity index (χ2n) is 10.6. The Morgan fingerprint density at radius 3 is 2.23 bits per heavy atom. The van der Waals surface area contributed by atoms with Gasteiger partial charge >= 0.3 is 6.18 Å². The van der Waals surface area contributed by atoms with Crippen molar-refractivity contribution in [2.45, 2.75) is 52.3 Å². The van der Waals surface area contributed by atoms with Gasteiger partial charge in [-0.3, -0.25) is 9.59 Å². The predicted molar refractivity (Wildman–Crippen MR) is 149 cm³/mol. The lowest BCUT2D eigenvalue weighted by atomic mass is 9.93. The summed E-state index contributed by atoms with van der Waals surface area (Å²) in [7, 11) is 0. The van der Waals surface area contributed by atoms with Crippen LogP contribution in [0.5, 0.6) is 0 Å². The summed E-state index contributed by atoms with van der Waals surface area (Å²) in [6.07, 6.45) is -3.34. The molecule has 1 aliphatic heterocycles. The monoisotopic (exact) mass is 566 g/mol. The van der Waals surface area contributed by atoms with E-state index in [-0.39, 0.29) is 36.6 Å². The summed E-state index contributed by atoms with van der Waals surface area (Å²) >= 11 is 5.96. The van der Waals surface area contributed by atoms with E-state index in [1.807, 2.05) is 42.7 Å². The molecule has 1 saturated heterocycles. The third kappa shape index (κ3) is 8.60. The number of benzene rings is 2. The average Bonchev–Trinajstić information content (AvgIpc) is 2.88. The Morgan fingerprint density at radius 2 is 1.67 bits per heavy atom. The number of hydrogen-bond acceptors (Lipinski definition) is 4. The van der Waals surface area contributed by atoms with Gasteiger partial charge < -0.3 is 20.9 Å². The Kier molecular flexibility index (Phi) is 10.7. The molecule has 0 spiro atoms. The van der Waals surface area contributed by atoms with Crippen molar-refractivity contribution in [3.63, 3.8) is 0 Å². The molecule has 0 aliphatic carbocycles. The van der Waals surface area contributed by atoms with Gasteiger partial charge in [0.1, 0.15) is 0 Å². The smallest absolute Gasteiger partial charge is 0.368 e. The summed E-state index contributed by atoms with van der Waals surface area (Å²) < 4.78 is 41.0. The molecule has 6 nitrogen and oxygen atoms in total. The molecule has 0 saturated carbocycles. The van der Waals surface area contributed by atoms with Gasteiger partial charge in [-0.05, 0) is 60.2 Å². The minimum atomic E-state index is -4.51. The van der Waals surface area contributed by atoms with Crippen LogP contribution in [-0.2, 0) is 22.2 Å². The van der Waals surface area contributed by atoms with Crippen molar-refractivity contribution in [1.82, 2.24) is 10.2 Å². The van der Waals surface area contributed by atoms with Crippen LogP contribution in [0.2, 0.25) is 5.02 Å². The lowest BCUT2D eigenvalue weighted by Gasteiger charge is -2.39. The van der Waals surface area contributed by atoms with Crippen LogP contribution >= 0.6 is 11.6 Å². The van der Waals surface area contributed by atoms with Crippen LogP contribution in [0.15, 0.2) is 42.5 Å². The second-order valence-corrected chi connectivity index (χ2v) is 11.0. The Balaban J connectivity index is 1.79. The standard InChI is InChI=1S/C29H38ClF3N4O2/c1-19(2)16-25(35-27(38)10-11-34)24-18-22(29(31,32)33)6-9-26(24)36-12-14-37(15-13-36)28(39)20(3)17-21-4-7-23(30)8-5-21/h4-9,18-20,25H,10-17,34H2,1-3H3,(H,35,38)/t20?,25-/m0/s1. The maximum atomic E-state index is 13.7. The quantitative estimate of drug-likeness (QED) is 0.401. The summed E-state index contributed by atoms with van der Waals surface area (Å²) in [5.41, 5.74) is 6.87. The second kappa shape index (κ2) is 13.5. The first-order valence-electron chi connectivity index (χ1n) is 13.4. The number of hydrogen-bond donors (Lipinski definition) is 2. The third-order valence-corrected chi connectivity index (χ3v) is 7.20. The molecule has 3 rings (SSSR count). The van der Waals surface area contributed by atoms with Gasteiger partial charge in [-0.1, -0.05) is 44.5 Å². The number of amides is 2. The predicted octanol–water partition coefficient (Wildman–Crippen LogP) is 5.44. The first-order valence-corrected chi connectivity index (χ1v) is 13.8. The molecule has 2 amide bonds. The van der Waals surface area contributed by atoms with Gasteiger partial charge in [-0.15, -0.1) is 0 Å². The zero-order valence-corrected chi connectivity index (χ0v) is 23.5. The van der Waals surface area contributed by atoms with Gasteiger partial charge in [0.05, 0.1) is 11.6 Å². The van der Waals surface area contributed by atoms with Crippen LogP contribution in [0.1, 0.15) is 56.3 Å². The minimum Gasteiger partial charge on any atom is -0.368 e. The van der Waals surface area contributed by atoms with E-state index < -0.39 is 17.8 Å². The normalized spacial score (nSPS) is 15.8. The van der Waals surface area contributed by atoms with Gasteiger partial charge in [0.2, 0.25) is 11.8 Å². The van der Waals surface area contributed by atoms with Gasteiger partial charge in [0, 0.05) is 55.8 Å². The van der Waals surface area contributed by atoms with Crippen LogP contribution in [0.4, 0.5) is 18.9 Å². The number of alkyl halides is 3. The molecule has 2 aromatic rings. The summed E-state index contributed by atoms with van der Waals surface area (Å²) in [5, 5.41) is 3.55. The van der Waals surface area contributed by atoms with E-state index in [0.717, 1.165) is 17.7 Å². The fourth-order valence-electron chi connectivity index (χ4n) is 4.97. The first-order chi connectivity index (χ1) is 18.4. The van der Waals surface area contributed by atoms with Crippen LogP contribution in [-0.4, -0.2) is 49.4 Å². The van der Waals surface area contributed by atoms with Crippen LogP contribution < -0.4 is 16.0 Å². The van der Waals surface area contributed by atoms with Crippen LogP contribution in [0, 0.1) is 11.8 Å². The number of anilines is 1. The highest BCUT2D eigenvalue weighted by Crippen LogP contribution is 2.37. The largest absolute Gasteiger partial charge is 0.416 e. The molecule has 0 radical (unpaired) electrons. The molecule has 3 N–H and O–H groups in total.